The second kappa shape index (κ2) is 18.7. The fraction of sp³-hybridized carbons (Fsp3) is 0.441. The van der Waals surface area contributed by atoms with E-state index in [1.165, 1.54) is 43.5 Å². The maximum atomic E-state index is 11.1. The molecule has 43 heavy (non-hydrogen) atoms. The lowest BCUT2D eigenvalue weighted by Gasteiger charge is -2.16. The number of hydrogen-bond acceptors (Lipinski definition) is 9. The van der Waals surface area contributed by atoms with Crippen molar-refractivity contribution in [2.24, 2.45) is 20.5 Å². The summed E-state index contributed by atoms with van der Waals surface area (Å²) in [5, 5.41) is 17.4. The van der Waals surface area contributed by atoms with Gasteiger partial charge in [0.25, 0.3) is 0 Å². The third-order valence-electron chi connectivity index (χ3n) is 7.07. The summed E-state index contributed by atoms with van der Waals surface area (Å²) in [5.74, 6) is 2.98. The van der Waals surface area contributed by atoms with E-state index in [2.05, 4.69) is 37.5 Å². The second-order valence-corrected chi connectivity index (χ2v) is 11.6. The molecule has 1 heterocycles. The Kier molecular flexibility index (Phi) is 14.0. The van der Waals surface area contributed by atoms with E-state index < -0.39 is 0 Å². The number of azo groups is 2. The molecule has 4 rings (SSSR count). The zero-order valence-corrected chi connectivity index (χ0v) is 26.0. The molecule has 228 valence electrons. The summed E-state index contributed by atoms with van der Waals surface area (Å²) in [6.45, 7) is 4.20. The minimum Gasteiger partial charge on any atom is -0.494 e. The average molecular weight is 602 g/mol. The van der Waals surface area contributed by atoms with Crippen molar-refractivity contribution in [2.45, 2.75) is 64.7 Å². The zero-order valence-electron chi connectivity index (χ0n) is 25.2. The smallest absolute Gasteiger partial charge is 0.305 e. The normalized spacial score (nSPS) is 13.3. The van der Waals surface area contributed by atoms with Crippen molar-refractivity contribution in [3.05, 3.63) is 72.8 Å². The molecule has 0 bridgehead atoms. The van der Waals surface area contributed by atoms with Crippen LogP contribution in [0.25, 0.3) is 0 Å². The van der Waals surface area contributed by atoms with Crippen molar-refractivity contribution in [2.75, 3.05) is 36.3 Å². The van der Waals surface area contributed by atoms with E-state index in [4.69, 9.17) is 9.47 Å². The van der Waals surface area contributed by atoms with Gasteiger partial charge in [-0.15, -0.1) is 11.8 Å². The van der Waals surface area contributed by atoms with Gasteiger partial charge in [0.05, 0.1) is 41.8 Å². The van der Waals surface area contributed by atoms with Gasteiger partial charge in [0.1, 0.15) is 5.75 Å². The first kappa shape index (κ1) is 32.2. The largest absolute Gasteiger partial charge is 0.494 e. The number of thioether (sulfide) groups is 1. The highest BCUT2D eigenvalue weighted by molar-refractivity contribution is 7.99. The molecule has 3 aromatic rings. The van der Waals surface area contributed by atoms with Crippen LogP contribution in [0.4, 0.5) is 28.4 Å². The maximum Gasteiger partial charge on any atom is 0.305 e. The van der Waals surface area contributed by atoms with Gasteiger partial charge in [0.15, 0.2) is 0 Å². The van der Waals surface area contributed by atoms with Gasteiger partial charge in [-0.3, -0.25) is 4.79 Å². The number of esters is 1. The van der Waals surface area contributed by atoms with Crippen LogP contribution in [0.5, 0.6) is 5.75 Å². The Labute approximate surface area is 260 Å². The van der Waals surface area contributed by atoms with Gasteiger partial charge in [0, 0.05) is 24.4 Å². The Morgan fingerprint density at radius 3 is 1.63 bits per heavy atom. The second-order valence-electron chi connectivity index (χ2n) is 10.5. The lowest BCUT2D eigenvalue weighted by atomic mass is 10.1. The van der Waals surface area contributed by atoms with Crippen molar-refractivity contribution < 1.29 is 14.3 Å². The molecule has 1 saturated heterocycles. The SMILES string of the molecule is CCC(=O)OCCCCCCCCCCOc1ccc(N=Nc2ccc(N=Nc3ccc(N4CCSC4)cc3)cc2)cc1. The predicted molar refractivity (Wildman–Crippen MR) is 176 cm³/mol. The molecule has 1 fully saturated rings. The van der Waals surface area contributed by atoms with E-state index in [9.17, 15) is 4.79 Å². The lowest BCUT2D eigenvalue weighted by molar-refractivity contribution is -0.143. The highest BCUT2D eigenvalue weighted by Gasteiger charge is 2.12. The van der Waals surface area contributed by atoms with Crippen LogP contribution in [0.3, 0.4) is 0 Å². The molecule has 3 aromatic carbocycles. The maximum absolute atomic E-state index is 11.1. The van der Waals surface area contributed by atoms with Crippen molar-refractivity contribution in [3.63, 3.8) is 0 Å². The molecule has 0 N–H and O–H groups in total. The molecule has 0 atom stereocenters. The molecule has 0 radical (unpaired) electrons. The standard InChI is InChI=1S/C34H43N5O3S/c1-2-34(40)42-25-10-8-6-4-3-5-7-9-24-41-33-21-17-31(18-22-33)38-36-29-13-11-28(12-14-29)35-37-30-15-19-32(20-16-30)39-23-26-43-27-39/h11-22H,2-10,23-27H2,1H3. The highest BCUT2D eigenvalue weighted by atomic mass is 32.2. The van der Waals surface area contributed by atoms with Crippen molar-refractivity contribution in [3.8, 4) is 5.75 Å². The van der Waals surface area contributed by atoms with Crippen molar-refractivity contribution in [1.82, 2.24) is 0 Å². The van der Waals surface area contributed by atoms with Crippen LogP contribution >= 0.6 is 11.8 Å². The molecule has 0 spiro atoms. The van der Waals surface area contributed by atoms with Crippen molar-refractivity contribution >= 4 is 46.2 Å². The summed E-state index contributed by atoms with van der Waals surface area (Å²) in [6.07, 6.45) is 9.69. The molecule has 0 saturated carbocycles. The van der Waals surface area contributed by atoms with Crippen LogP contribution < -0.4 is 9.64 Å². The van der Waals surface area contributed by atoms with E-state index >= 15 is 0 Å². The lowest BCUT2D eigenvalue weighted by Crippen LogP contribution is -2.17. The number of ether oxygens (including phenoxy) is 2. The van der Waals surface area contributed by atoms with Crippen LogP contribution in [0.1, 0.15) is 64.7 Å². The molecule has 8 nitrogen and oxygen atoms in total. The Balaban J connectivity index is 1.07. The van der Waals surface area contributed by atoms with Gasteiger partial charge in [-0.1, -0.05) is 45.4 Å². The first-order chi connectivity index (χ1) is 21.2. The number of hydrogen-bond donors (Lipinski definition) is 0. The Hall–Kier alpha value is -3.72. The molecule has 1 aliphatic heterocycles. The summed E-state index contributed by atoms with van der Waals surface area (Å²) >= 11 is 1.96. The van der Waals surface area contributed by atoms with Crippen LogP contribution in [-0.2, 0) is 9.53 Å². The number of unbranched alkanes of at least 4 members (excludes halogenated alkanes) is 7. The minimum absolute atomic E-state index is 0.101. The molecular formula is C34H43N5O3S. The van der Waals surface area contributed by atoms with Crippen LogP contribution in [0.15, 0.2) is 93.3 Å². The van der Waals surface area contributed by atoms with E-state index in [0.717, 1.165) is 66.8 Å². The molecule has 0 aromatic heterocycles. The third kappa shape index (κ3) is 12.2. The van der Waals surface area contributed by atoms with E-state index in [1.807, 2.05) is 79.3 Å². The Morgan fingerprint density at radius 1 is 0.674 bits per heavy atom. The summed E-state index contributed by atoms with van der Waals surface area (Å²) < 4.78 is 11.0. The van der Waals surface area contributed by atoms with E-state index in [1.54, 1.807) is 0 Å². The predicted octanol–water partition coefficient (Wildman–Crippen LogP) is 10.5. The van der Waals surface area contributed by atoms with Crippen LogP contribution in [0, 0.1) is 0 Å². The van der Waals surface area contributed by atoms with Crippen molar-refractivity contribution in [1.29, 1.82) is 0 Å². The van der Waals surface area contributed by atoms with Gasteiger partial charge >= 0.3 is 5.97 Å². The van der Waals surface area contributed by atoms with Crippen LogP contribution in [0.2, 0.25) is 0 Å². The third-order valence-corrected chi connectivity index (χ3v) is 8.04. The fourth-order valence-corrected chi connectivity index (χ4v) is 5.49. The average Bonchev–Trinajstić information content (AvgIpc) is 3.60. The minimum atomic E-state index is -0.101. The monoisotopic (exact) mass is 601 g/mol. The van der Waals surface area contributed by atoms with Gasteiger partial charge in [-0.05, 0) is 85.6 Å². The van der Waals surface area contributed by atoms with E-state index in [0.29, 0.717) is 13.0 Å². The van der Waals surface area contributed by atoms with Crippen LogP contribution in [-0.4, -0.2) is 37.4 Å². The van der Waals surface area contributed by atoms with Gasteiger partial charge in [-0.2, -0.15) is 20.5 Å². The Bertz CT molecular complexity index is 1270. The summed E-state index contributed by atoms with van der Waals surface area (Å²) in [7, 11) is 0. The zero-order chi connectivity index (χ0) is 30.0. The summed E-state index contributed by atoms with van der Waals surface area (Å²) in [6, 6.07) is 23.5. The first-order valence-corrected chi connectivity index (χ1v) is 16.6. The summed E-state index contributed by atoms with van der Waals surface area (Å²) in [4.78, 5) is 13.5. The molecule has 9 heteroatoms. The molecule has 0 amide bonds. The molecule has 1 aliphatic rings. The van der Waals surface area contributed by atoms with Gasteiger partial charge < -0.3 is 14.4 Å². The number of nitrogens with zero attached hydrogens (tertiary/aromatic N) is 5. The topological polar surface area (TPSA) is 88.2 Å². The number of carbonyl (C=O) groups is 1. The number of carbonyl (C=O) groups excluding carboxylic acids is 1. The quantitative estimate of drug-likeness (QED) is 0.0822. The highest BCUT2D eigenvalue weighted by Crippen LogP contribution is 2.27. The van der Waals surface area contributed by atoms with Gasteiger partial charge in [-0.25, -0.2) is 0 Å². The number of anilines is 1. The number of rotatable bonds is 18. The molecular weight excluding hydrogens is 558 g/mol. The fourth-order valence-electron chi connectivity index (χ4n) is 4.52. The molecule has 0 unspecified atom stereocenters. The molecule has 0 aliphatic carbocycles. The Morgan fingerprint density at radius 2 is 1.14 bits per heavy atom. The van der Waals surface area contributed by atoms with Gasteiger partial charge in [0.2, 0.25) is 0 Å². The number of benzene rings is 3. The summed E-state index contributed by atoms with van der Waals surface area (Å²) in [5.41, 5.74) is 4.36. The van der Waals surface area contributed by atoms with E-state index in [-0.39, 0.29) is 5.97 Å². The first-order valence-electron chi connectivity index (χ1n) is 15.4.